The van der Waals surface area contributed by atoms with Gasteiger partial charge in [0.25, 0.3) is 0 Å². The molecule has 0 aliphatic carbocycles. The van der Waals surface area contributed by atoms with E-state index in [-0.39, 0.29) is 5.41 Å². The van der Waals surface area contributed by atoms with Crippen LogP contribution in [0.5, 0.6) is 0 Å². The van der Waals surface area contributed by atoms with Crippen LogP contribution in [0.2, 0.25) is 0 Å². The predicted octanol–water partition coefficient (Wildman–Crippen LogP) is 1.42. The van der Waals surface area contributed by atoms with E-state index in [2.05, 4.69) is 36.0 Å². The molecule has 0 spiro atoms. The van der Waals surface area contributed by atoms with E-state index in [9.17, 15) is 0 Å². The van der Waals surface area contributed by atoms with Crippen LogP contribution in [-0.4, -0.2) is 19.6 Å². The van der Waals surface area contributed by atoms with Gasteiger partial charge in [-0.25, -0.2) is 0 Å². The van der Waals surface area contributed by atoms with E-state index in [1.54, 1.807) is 12.5 Å². The summed E-state index contributed by atoms with van der Waals surface area (Å²) in [6.45, 7) is 6.43. The summed E-state index contributed by atoms with van der Waals surface area (Å²) in [6.07, 6.45) is 5.29. The predicted molar refractivity (Wildman–Crippen MR) is 49.5 cm³/mol. The normalized spacial score (nSPS) is 12.2. The molecule has 2 rings (SSSR count). The minimum absolute atomic E-state index is 0.0644. The van der Waals surface area contributed by atoms with E-state index >= 15 is 0 Å². The molecule has 0 saturated carbocycles. The Labute approximate surface area is 76.6 Å². The smallest absolute Gasteiger partial charge is 0.179 e. The van der Waals surface area contributed by atoms with Gasteiger partial charge in [-0.15, -0.1) is 10.2 Å². The quantitative estimate of drug-likeness (QED) is 0.609. The molecule has 68 valence electrons. The van der Waals surface area contributed by atoms with Crippen LogP contribution in [0.4, 0.5) is 0 Å². The summed E-state index contributed by atoms with van der Waals surface area (Å²) in [7, 11) is 0. The third-order valence-electron chi connectivity index (χ3n) is 1.99. The minimum atomic E-state index is 0.0644. The highest BCUT2D eigenvalue weighted by molar-refractivity contribution is 5.35. The fourth-order valence-electron chi connectivity index (χ4n) is 1.31. The molecule has 4 heteroatoms. The highest BCUT2D eigenvalue weighted by atomic mass is 15.2. The second kappa shape index (κ2) is 2.52. The van der Waals surface area contributed by atoms with E-state index in [0.29, 0.717) is 0 Å². The van der Waals surface area contributed by atoms with Crippen molar-refractivity contribution in [1.82, 2.24) is 19.6 Å². The molecule has 2 aromatic rings. The van der Waals surface area contributed by atoms with Crippen molar-refractivity contribution in [2.24, 2.45) is 0 Å². The highest BCUT2D eigenvalue weighted by Gasteiger charge is 2.17. The number of hydrogen-bond acceptors (Lipinski definition) is 3. The summed E-state index contributed by atoms with van der Waals surface area (Å²) >= 11 is 0. The molecule has 0 N–H and O–H groups in total. The molecule has 0 aliphatic rings. The van der Waals surface area contributed by atoms with Gasteiger partial charge < -0.3 is 0 Å². The fraction of sp³-hybridized carbons (Fsp3) is 0.444. The van der Waals surface area contributed by atoms with E-state index < -0.39 is 0 Å². The second-order valence-corrected chi connectivity index (χ2v) is 4.10. The first-order chi connectivity index (χ1) is 6.09. The summed E-state index contributed by atoms with van der Waals surface area (Å²) in [6, 6.07) is 0. The van der Waals surface area contributed by atoms with Gasteiger partial charge in [-0.3, -0.25) is 9.38 Å². The average Bonchev–Trinajstić information content (AvgIpc) is 2.48. The van der Waals surface area contributed by atoms with E-state index in [1.807, 2.05) is 10.6 Å². The maximum absolute atomic E-state index is 4.13. The van der Waals surface area contributed by atoms with Crippen LogP contribution in [-0.2, 0) is 5.41 Å². The number of fused-ring (bicyclic) bond motifs is 1. The zero-order valence-corrected chi connectivity index (χ0v) is 8.02. The summed E-state index contributed by atoms with van der Waals surface area (Å²) in [4.78, 5) is 4.13. The van der Waals surface area contributed by atoms with Crippen LogP contribution in [0.1, 0.15) is 26.5 Å². The van der Waals surface area contributed by atoms with Crippen molar-refractivity contribution < 1.29 is 0 Å². The Hall–Kier alpha value is -1.45. The number of rotatable bonds is 0. The van der Waals surface area contributed by atoms with Gasteiger partial charge in [0.05, 0.1) is 6.20 Å². The van der Waals surface area contributed by atoms with E-state index in [0.717, 1.165) is 11.3 Å². The van der Waals surface area contributed by atoms with Crippen LogP contribution >= 0.6 is 0 Å². The molecular weight excluding hydrogens is 164 g/mol. The molecule has 0 bridgehead atoms. The largest absolute Gasteiger partial charge is 0.283 e. The fourth-order valence-corrected chi connectivity index (χ4v) is 1.31. The molecule has 2 aromatic heterocycles. The SMILES string of the molecule is CC(C)(C)c1cncc2nncn12. The molecule has 0 aliphatic heterocycles. The lowest BCUT2D eigenvalue weighted by atomic mass is 9.92. The molecule has 13 heavy (non-hydrogen) atoms. The van der Waals surface area contributed by atoms with Gasteiger partial charge in [0, 0.05) is 17.3 Å². The van der Waals surface area contributed by atoms with Crippen LogP contribution < -0.4 is 0 Å². The van der Waals surface area contributed by atoms with Gasteiger partial charge in [0.1, 0.15) is 6.33 Å². The van der Waals surface area contributed by atoms with Gasteiger partial charge in [-0.05, 0) is 0 Å². The van der Waals surface area contributed by atoms with Crippen molar-refractivity contribution in [3.63, 3.8) is 0 Å². The van der Waals surface area contributed by atoms with E-state index in [1.165, 1.54) is 0 Å². The second-order valence-electron chi connectivity index (χ2n) is 4.10. The third-order valence-corrected chi connectivity index (χ3v) is 1.99. The third kappa shape index (κ3) is 1.28. The van der Waals surface area contributed by atoms with Crippen LogP contribution in [0.3, 0.4) is 0 Å². The molecule has 4 nitrogen and oxygen atoms in total. The van der Waals surface area contributed by atoms with Gasteiger partial charge >= 0.3 is 0 Å². The Morgan fingerprint density at radius 2 is 2.00 bits per heavy atom. The van der Waals surface area contributed by atoms with Gasteiger partial charge in [0.2, 0.25) is 0 Å². The molecule has 2 heterocycles. The Kier molecular flexibility index (Phi) is 1.58. The highest BCUT2D eigenvalue weighted by Crippen LogP contribution is 2.21. The van der Waals surface area contributed by atoms with Crippen LogP contribution in [0.15, 0.2) is 18.7 Å². The average molecular weight is 176 g/mol. The van der Waals surface area contributed by atoms with Gasteiger partial charge in [-0.1, -0.05) is 20.8 Å². The minimum Gasteiger partial charge on any atom is -0.283 e. The number of nitrogens with zero attached hydrogens (tertiary/aromatic N) is 4. The lowest BCUT2D eigenvalue weighted by molar-refractivity contribution is 0.557. The summed E-state index contributed by atoms with van der Waals surface area (Å²) in [5.74, 6) is 0. The monoisotopic (exact) mass is 176 g/mol. The standard InChI is InChI=1S/C9H12N4/c1-9(2,3)7-4-10-5-8-12-11-6-13(7)8/h4-6H,1-3H3. The Morgan fingerprint density at radius 3 is 2.69 bits per heavy atom. The van der Waals surface area contributed by atoms with Crippen LogP contribution in [0, 0.1) is 0 Å². The lowest BCUT2D eigenvalue weighted by Gasteiger charge is -2.19. The van der Waals surface area contributed by atoms with Gasteiger partial charge in [0.15, 0.2) is 5.65 Å². The van der Waals surface area contributed by atoms with Crippen molar-refractivity contribution in [3.05, 3.63) is 24.4 Å². The molecule has 0 fully saturated rings. The topological polar surface area (TPSA) is 43.1 Å². The van der Waals surface area contributed by atoms with Crippen molar-refractivity contribution in [1.29, 1.82) is 0 Å². The molecule has 0 aromatic carbocycles. The van der Waals surface area contributed by atoms with E-state index in [4.69, 9.17) is 0 Å². The Morgan fingerprint density at radius 1 is 1.23 bits per heavy atom. The number of aromatic nitrogens is 4. The summed E-state index contributed by atoms with van der Waals surface area (Å²) in [5.41, 5.74) is 1.98. The molecule has 0 radical (unpaired) electrons. The maximum atomic E-state index is 4.13. The zero-order valence-electron chi connectivity index (χ0n) is 8.02. The first-order valence-corrected chi connectivity index (χ1v) is 4.23. The summed E-state index contributed by atoms with van der Waals surface area (Å²) in [5, 5.41) is 7.79. The summed E-state index contributed by atoms with van der Waals surface area (Å²) < 4.78 is 1.97. The van der Waals surface area contributed by atoms with Crippen molar-refractivity contribution in [2.45, 2.75) is 26.2 Å². The van der Waals surface area contributed by atoms with Crippen molar-refractivity contribution >= 4 is 5.65 Å². The molecule has 0 unspecified atom stereocenters. The zero-order chi connectivity index (χ0) is 9.47. The van der Waals surface area contributed by atoms with Crippen LogP contribution in [0.25, 0.3) is 5.65 Å². The molecule has 0 atom stereocenters. The molecular formula is C9H12N4. The maximum Gasteiger partial charge on any atom is 0.179 e. The van der Waals surface area contributed by atoms with Crippen molar-refractivity contribution in [3.8, 4) is 0 Å². The Bertz CT molecular complexity index is 424. The number of hydrogen-bond donors (Lipinski definition) is 0. The first-order valence-electron chi connectivity index (χ1n) is 4.23. The molecule has 0 saturated heterocycles. The van der Waals surface area contributed by atoms with Gasteiger partial charge in [-0.2, -0.15) is 0 Å². The first kappa shape index (κ1) is 8.16. The lowest BCUT2D eigenvalue weighted by Crippen LogP contribution is -2.16. The Balaban J connectivity index is 2.75. The van der Waals surface area contributed by atoms with Crippen molar-refractivity contribution in [2.75, 3.05) is 0 Å². The molecule has 0 amide bonds.